The van der Waals surface area contributed by atoms with Crippen molar-refractivity contribution in [2.75, 3.05) is 6.54 Å². The van der Waals surface area contributed by atoms with E-state index in [0.717, 1.165) is 5.56 Å². The van der Waals surface area contributed by atoms with Gasteiger partial charge in [0.25, 0.3) is 11.8 Å². The molecule has 0 saturated carbocycles. The van der Waals surface area contributed by atoms with Crippen LogP contribution in [0.5, 0.6) is 0 Å². The van der Waals surface area contributed by atoms with Gasteiger partial charge < -0.3 is 19.6 Å². The summed E-state index contributed by atoms with van der Waals surface area (Å²) in [5, 5.41) is 0. The molecule has 2 amide bonds. The normalized spacial score (nSPS) is 13.5. The molecule has 7 nitrogen and oxygen atoms in total. The summed E-state index contributed by atoms with van der Waals surface area (Å²) in [5.74, 6) is 1.28. The number of imidazole rings is 1. The Kier molecular flexibility index (Phi) is 3.84. The lowest BCUT2D eigenvalue weighted by molar-refractivity contribution is 0.0706. The van der Waals surface area contributed by atoms with Crippen LogP contribution in [-0.4, -0.2) is 32.8 Å². The van der Waals surface area contributed by atoms with Gasteiger partial charge in [0, 0.05) is 18.7 Å². The summed E-state index contributed by atoms with van der Waals surface area (Å²) in [7, 11) is 0. The fraction of sp³-hybridized carbons (Fsp3) is 0.211. The third-order valence-electron chi connectivity index (χ3n) is 4.53. The zero-order valence-electron chi connectivity index (χ0n) is 14.3. The van der Waals surface area contributed by atoms with Crippen molar-refractivity contribution >= 4 is 11.8 Å². The zero-order valence-corrected chi connectivity index (χ0v) is 14.3. The lowest BCUT2D eigenvalue weighted by Crippen LogP contribution is -2.39. The van der Waals surface area contributed by atoms with Crippen LogP contribution in [0, 0.1) is 6.92 Å². The van der Waals surface area contributed by atoms with Crippen LogP contribution in [0.3, 0.4) is 0 Å². The van der Waals surface area contributed by atoms with Crippen LogP contribution in [0.15, 0.2) is 47.0 Å². The Morgan fingerprint density at radius 1 is 1.19 bits per heavy atom. The van der Waals surface area contributed by atoms with Crippen LogP contribution in [0.25, 0.3) is 11.3 Å². The third kappa shape index (κ3) is 2.67. The number of nitrogens with two attached hydrogens (primary N) is 1. The van der Waals surface area contributed by atoms with Gasteiger partial charge in [-0.05, 0) is 13.0 Å². The molecule has 2 N–H and O–H groups in total. The van der Waals surface area contributed by atoms with Crippen molar-refractivity contribution in [3.63, 3.8) is 0 Å². The molecule has 0 saturated heterocycles. The van der Waals surface area contributed by atoms with Crippen LogP contribution in [0.2, 0.25) is 0 Å². The van der Waals surface area contributed by atoms with Crippen LogP contribution >= 0.6 is 0 Å². The molecule has 2 aromatic heterocycles. The second-order valence-electron chi connectivity index (χ2n) is 6.27. The average molecular weight is 350 g/mol. The quantitative estimate of drug-likeness (QED) is 0.783. The Balaban J connectivity index is 1.64. The van der Waals surface area contributed by atoms with Gasteiger partial charge in [-0.1, -0.05) is 30.3 Å². The molecule has 0 fully saturated rings. The summed E-state index contributed by atoms with van der Waals surface area (Å²) in [5.41, 5.74) is 7.12. The number of benzene rings is 1. The maximum Gasteiger partial charge on any atom is 0.266 e. The highest BCUT2D eigenvalue weighted by Gasteiger charge is 2.28. The smallest absolute Gasteiger partial charge is 0.266 e. The zero-order chi connectivity index (χ0) is 18.3. The van der Waals surface area contributed by atoms with Gasteiger partial charge in [0.1, 0.15) is 23.0 Å². The predicted octanol–water partition coefficient (Wildman–Crippen LogP) is 2.21. The van der Waals surface area contributed by atoms with Crippen LogP contribution in [0.4, 0.5) is 0 Å². The molecule has 0 spiro atoms. The molecule has 4 rings (SSSR count). The van der Waals surface area contributed by atoms with E-state index in [1.165, 1.54) is 6.20 Å². The SMILES string of the molecule is Cc1cc(C(=O)N2CCn3c(C(N)=O)cnc3C2)c(-c2ccccc2)o1. The van der Waals surface area contributed by atoms with E-state index >= 15 is 0 Å². The number of aryl methyl sites for hydroxylation is 1. The number of hydrogen-bond acceptors (Lipinski definition) is 4. The second-order valence-corrected chi connectivity index (χ2v) is 6.27. The van der Waals surface area contributed by atoms with Crippen molar-refractivity contribution in [1.29, 1.82) is 0 Å². The molecule has 0 aliphatic carbocycles. The molecular formula is C19H18N4O3. The molecule has 0 bridgehead atoms. The first kappa shape index (κ1) is 16.1. The van der Waals surface area contributed by atoms with Crippen molar-refractivity contribution in [1.82, 2.24) is 14.5 Å². The summed E-state index contributed by atoms with van der Waals surface area (Å²) >= 11 is 0. The van der Waals surface area contributed by atoms with E-state index < -0.39 is 5.91 Å². The lowest BCUT2D eigenvalue weighted by atomic mass is 10.1. The second kappa shape index (κ2) is 6.18. The van der Waals surface area contributed by atoms with Crippen LogP contribution in [0.1, 0.15) is 32.4 Å². The molecule has 132 valence electrons. The van der Waals surface area contributed by atoms with Crippen LogP contribution in [-0.2, 0) is 13.1 Å². The van der Waals surface area contributed by atoms with Gasteiger partial charge in [0.2, 0.25) is 0 Å². The number of carbonyl (C=O) groups excluding carboxylic acids is 2. The summed E-state index contributed by atoms with van der Waals surface area (Å²) < 4.78 is 7.56. The van der Waals surface area contributed by atoms with Gasteiger partial charge in [-0.15, -0.1) is 0 Å². The Labute approximate surface area is 150 Å². The first-order valence-corrected chi connectivity index (χ1v) is 8.34. The van der Waals surface area contributed by atoms with Gasteiger partial charge in [-0.3, -0.25) is 9.59 Å². The van der Waals surface area contributed by atoms with Crippen molar-refractivity contribution in [3.05, 3.63) is 65.4 Å². The number of rotatable bonds is 3. The van der Waals surface area contributed by atoms with Gasteiger partial charge in [-0.25, -0.2) is 4.98 Å². The molecule has 1 aliphatic rings. The van der Waals surface area contributed by atoms with Gasteiger partial charge in [-0.2, -0.15) is 0 Å². The van der Waals surface area contributed by atoms with Crippen molar-refractivity contribution in [3.8, 4) is 11.3 Å². The minimum Gasteiger partial charge on any atom is -0.461 e. The van der Waals surface area contributed by atoms with Crippen molar-refractivity contribution in [2.24, 2.45) is 5.73 Å². The van der Waals surface area contributed by atoms with E-state index in [9.17, 15) is 9.59 Å². The maximum absolute atomic E-state index is 13.1. The van der Waals surface area contributed by atoms with Crippen LogP contribution < -0.4 is 5.73 Å². The number of fused-ring (bicyclic) bond motifs is 1. The Morgan fingerprint density at radius 3 is 2.69 bits per heavy atom. The molecular weight excluding hydrogens is 332 g/mol. The van der Waals surface area contributed by atoms with E-state index in [2.05, 4.69) is 4.98 Å². The number of furan rings is 1. The molecule has 3 heterocycles. The molecule has 3 aromatic rings. The molecule has 0 radical (unpaired) electrons. The molecule has 1 aliphatic heterocycles. The Bertz CT molecular complexity index is 988. The minimum atomic E-state index is -0.514. The highest BCUT2D eigenvalue weighted by molar-refractivity contribution is 6.00. The summed E-state index contributed by atoms with van der Waals surface area (Å²) in [4.78, 5) is 30.5. The van der Waals surface area contributed by atoms with Gasteiger partial charge >= 0.3 is 0 Å². The summed E-state index contributed by atoms with van der Waals surface area (Å²) in [6.07, 6.45) is 1.46. The Hall–Kier alpha value is -3.35. The number of carbonyl (C=O) groups is 2. The first-order chi connectivity index (χ1) is 12.5. The number of amides is 2. The monoisotopic (exact) mass is 350 g/mol. The summed E-state index contributed by atoms with van der Waals surface area (Å²) in [6, 6.07) is 11.3. The number of nitrogens with zero attached hydrogens (tertiary/aromatic N) is 3. The summed E-state index contributed by atoms with van der Waals surface area (Å²) in [6.45, 7) is 3.10. The standard InChI is InChI=1S/C19H18N4O3/c1-12-9-14(17(26-12)13-5-3-2-4-6-13)19(25)22-7-8-23-15(18(20)24)10-21-16(23)11-22/h2-6,9-10H,7-8,11H2,1H3,(H2,20,24). The van der Waals surface area contributed by atoms with Crippen molar-refractivity contribution < 1.29 is 14.0 Å². The highest BCUT2D eigenvalue weighted by atomic mass is 16.3. The topological polar surface area (TPSA) is 94.4 Å². The highest BCUT2D eigenvalue weighted by Crippen LogP contribution is 2.29. The maximum atomic E-state index is 13.1. The third-order valence-corrected chi connectivity index (χ3v) is 4.53. The van der Waals surface area contributed by atoms with Gasteiger partial charge in [0.15, 0.2) is 0 Å². The molecule has 0 atom stereocenters. The number of hydrogen-bond donors (Lipinski definition) is 1. The van der Waals surface area contributed by atoms with E-state index in [1.54, 1.807) is 15.5 Å². The van der Waals surface area contributed by atoms with E-state index in [-0.39, 0.29) is 5.91 Å². The predicted molar refractivity (Wildman–Crippen MR) is 94.4 cm³/mol. The van der Waals surface area contributed by atoms with E-state index in [4.69, 9.17) is 10.2 Å². The lowest BCUT2D eigenvalue weighted by Gasteiger charge is -2.28. The molecule has 0 unspecified atom stereocenters. The van der Waals surface area contributed by atoms with E-state index in [0.29, 0.717) is 48.2 Å². The fourth-order valence-corrected chi connectivity index (χ4v) is 3.28. The number of aromatic nitrogens is 2. The largest absolute Gasteiger partial charge is 0.461 e. The number of primary amides is 1. The molecule has 1 aromatic carbocycles. The molecule has 26 heavy (non-hydrogen) atoms. The fourth-order valence-electron chi connectivity index (χ4n) is 3.28. The Morgan fingerprint density at radius 2 is 1.96 bits per heavy atom. The van der Waals surface area contributed by atoms with Gasteiger partial charge in [0.05, 0.1) is 18.3 Å². The van der Waals surface area contributed by atoms with E-state index in [1.807, 2.05) is 37.3 Å². The minimum absolute atomic E-state index is 0.115. The average Bonchev–Trinajstić information content (AvgIpc) is 3.24. The van der Waals surface area contributed by atoms with Crippen molar-refractivity contribution in [2.45, 2.75) is 20.0 Å². The first-order valence-electron chi connectivity index (χ1n) is 8.34. The molecule has 7 heteroatoms.